The Morgan fingerprint density at radius 2 is 2.06 bits per heavy atom. The second-order valence-electron chi connectivity index (χ2n) is 3.58. The highest BCUT2D eigenvalue weighted by molar-refractivity contribution is 5.81. The molecule has 0 N–H and O–H groups in total. The lowest BCUT2D eigenvalue weighted by Gasteiger charge is -2.05. The molecule has 4 heteroatoms. The number of nitrogens with zero attached hydrogens (tertiary/aromatic N) is 4. The summed E-state index contributed by atoms with van der Waals surface area (Å²) in [6.07, 6.45) is 5.09. The predicted molar refractivity (Wildman–Crippen MR) is 60.9 cm³/mol. The van der Waals surface area contributed by atoms with Crippen LogP contribution in [0.15, 0.2) is 49.2 Å². The fourth-order valence-corrected chi connectivity index (χ4v) is 1.78. The lowest BCUT2D eigenvalue weighted by molar-refractivity contribution is 0.688. The van der Waals surface area contributed by atoms with Crippen LogP contribution in [0.1, 0.15) is 5.56 Å². The van der Waals surface area contributed by atoms with E-state index in [4.69, 9.17) is 0 Å². The van der Waals surface area contributed by atoms with E-state index in [1.165, 1.54) is 10.9 Å². The molecule has 0 aliphatic carbocycles. The lowest BCUT2D eigenvalue weighted by Crippen LogP contribution is -2.00. The Hall–Kier alpha value is -2.23. The second kappa shape index (κ2) is 3.73. The maximum Gasteiger partial charge on any atom is 0.137 e. The molecule has 2 heterocycles. The lowest BCUT2D eigenvalue weighted by atomic mass is 10.1. The molecule has 16 heavy (non-hydrogen) atoms. The van der Waals surface area contributed by atoms with E-state index in [1.807, 2.05) is 35.1 Å². The van der Waals surface area contributed by atoms with Gasteiger partial charge in [0.1, 0.15) is 12.7 Å². The van der Waals surface area contributed by atoms with Gasteiger partial charge >= 0.3 is 0 Å². The van der Waals surface area contributed by atoms with Crippen molar-refractivity contribution in [2.45, 2.75) is 6.54 Å². The molecule has 4 nitrogen and oxygen atoms in total. The largest absolute Gasteiger partial charge is 0.256 e. The van der Waals surface area contributed by atoms with Gasteiger partial charge in [0.2, 0.25) is 0 Å². The van der Waals surface area contributed by atoms with Gasteiger partial charge in [-0.05, 0) is 17.7 Å². The summed E-state index contributed by atoms with van der Waals surface area (Å²) in [5.74, 6) is 0. The third kappa shape index (κ3) is 1.54. The minimum absolute atomic E-state index is 0.725. The second-order valence-corrected chi connectivity index (χ2v) is 3.58. The van der Waals surface area contributed by atoms with Crippen molar-refractivity contribution in [1.82, 2.24) is 19.7 Å². The van der Waals surface area contributed by atoms with Crippen LogP contribution in [-0.2, 0) is 6.54 Å². The van der Waals surface area contributed by atoms with Crippen molar-refractivity contribution < 1.29 is 0 Å². The van der Waals surface area contributed by atoms with Crippen LogP contribution in [0.3, 0.4) is 0 Å². The number of para-hydroxylation sites is 1. The molecule has 78 valence electrons. The number of hydrogen-bond acceptors (Lipinski definition) is 3. The van der Waals surface area contributed by atoms with E-state index in [-0.39, 0.29) is 0 Å². The molecule has 0 atom stereocenters. The predicted octanol–water partition coefficient (Wildman–Crippen LogP) is 1.87. The summed E-state index contributed by atoms with van der Waals surface area (Å²) in [6, 6.07) is 10.1. The summed E-state index contributed by atoms with van der Waals surface area (Å²) in [4.78, 5) is 8.26. The number of pyridine rings is 1. The standard InChI is InChI=1S/C12H10N4/c1-2-4-12-11(3-1)10(5-6-14-12)7-16-9-13-8-15-16/h1-6,8-9H,7H2. The third-order valence-electron chi connectivity index (χ3n) is 2.54. The maximum absolute atomic E-state index is 4.33. The molecule has 0 radical (unpaired) electrons. The fraction of sp³-hybridized carbons (Fsp3) is 0.0833. The minimum Gasteiger partial charge on any atom is -0.256 e. The summed E-state index contributed by atoms with van der Waals surface area (Å²) >= 11 is 0. The van der Waals surface area contributed by atoms with Crippen LogP contribution in [0.4, 0.5) is 0 Å². The first kappa shape index (κ1) is 9.03. The monoisotopic (exact) mass is 210 g/mol. The number of fused-ring (bicyclic) bond motifs is 1. The van der Waals surface area contributed by atoms with Gasteiger partial charge in [0.05, 0.1) is 12.1 Å². The number of benzene rings is 1. The summed E-state index contributed by atoms with van der Waals surface area (Å²) in [5, 5.41) is 5.27. The number of aromatic nitrogens is 4. The Morgan fingerprint density at radius 3 is 2.94 bits per heavy atom. The van der Waals surface area contributed by atoms with Gasteiger partial charge in [0.25, 0.3) is 0 Å². The van der Waals surface area contributed by atoms with Crippen LogP contribution in [0.25, 0.3) is 10.9 Å². The van der Waals surface area contributed by atoms with E-state index in [9.17, 15) is 0 Å². The first-order valence-electron chi connectivity index (χ1n) is 5.08. The van der Waals surface area contributed by atoms with Gasteiger partial charge in [-0.15, -0.1) is 0 Å². The van der Waals surface area contributed by atoms with E-state index in [1.54, 1.807) is 12.7 Å². The fourth-order valence-electron chi connectivity index (χ4n) is 1.78. The quantitative estimate of drug-likeness (QED) is 0.648. The molecule has 0 bridgehead atoms. The normalized spacial score (nSPS) is 10.8. The highest BCUT2D eigenvalue weighted by atomic mass is 15.3. The van der Waals surface area contributed by atoms with Crippen molar-refractivity contribution in [2.75, 3.05) is 0 Å². The van der Waals surface area contributed by atoms with Gasteiger partial charge in [0.15, 0.2) is 0 Å². The van der Waals surface area contributed by atoms with E-state index in [2.05, 4.69) is 21.1 Å². The van der Waals surface area contributed by atoms with Gasteiger partial charge in [0, 0.05) is 11.6 Å². The first-order valence-corrected chi connectivity index (χ1v) is 5.08. The topological polar surface area (TPSA) is 43.6 Å². The van der Waals surface area contributed by atoms with Crippen molar-refractivity contribution in [3.8, 4) is 0 Å². The van der Waals surface area contributed by atoms with Crippen molar-refractivity contribution in [2.24, 2.45) is 0 Å². The Morgan fingerprint density at radius 1 is 1.12 bits per heavy atom. The van der Waals surface area contributed by atoms with Crippen LogP contribution >= 0.6 is 0 Å². The van der Waals surface area contributed by atoms with Crippen LogP contribution < -0.4 is 0 Å². The Labute approximate surface area is 92.6 Å². The molecule has 0 spiro atoms. The van der Waals surface area contributed by atoms with Gasteiger partial charge in [-0.3, -0.25) is 4.98 Å². The molecule has 3 rings (SSSR count). The smallest absolute Gasteiger partial charge is 0.137 e. The minimum atomic E-state index is 0.725. The number of hydrogen-bond donors (Lipinski definition) is 0. The summed E-state index contributed by atoms with van der Waals surface area (Å²) < 4.78 is 1.81. The number of rotatable bonds is 2. The zero-order valence-electron chi connectivity index (χ0n) is 8.61. The van der Waals surface area contributed by atoms with E-state index < -0.39 is 0 Å². The molecule has 0 saturated carbocycles. The van der Waals surface area contributed by atoms with Crippen molar-refractivity contribution in [3.63, 3.8) is 0 Å². The molecule has 0 unspecified atom stereocenters. The Kier molecular flexibility index (Phi) is 2.11. The average molecular weight is 210 g/mol. The summed E-state index contributed by atoms with van der Waals surface area (Å²) in [5.41, 5.74) is 2.22. The Balaban J connectivity index is 2.10. The van der Waals surface area contributed by atoms with Crippen LogP contribution in [0.2, 0.25) is 0 Å². The van der Waals surface area contributed by atoms with Crippen molar-refractivity contribution >= 4 is 10.9 Å². The molecule has 1 aromatic carbocycles. The highest BCUT2D eigenvalue weighted by Gasteiger charge is 2.01. The van der Waals surface area contributed by atoms with E-state index in [0.29, 0.717) is 0 Å². The molecule has 0 saturated heterocycles. The van der Waals surface area contributed by atoms with Crippen LogP contribution in [-0.4, -0.2) is 19.7 Å². The molecule has 2 aromatic heterocycles. The van der Waals surface area contributed by atoms with Gasteiger partial charge < -0.3 is 0 Å². The van der Waals surface area contributed by atoms with Gasteiger partial charge in [-0.1, -0.05) is 18.2 Å². The van der Waals surface area contributed by atoms with Crippen LogP contribution in [0.5, 0.6) is 0 Å². The zero-order valence-corrected chi connectivity index (χ0v) is 8.61. The van der Waals surface area contributed by atoms with Crippen LogP contribution in [0, 0.1) is 0 Å². The molecule has 0 amide bonds. The Bertz CT molecular complexity index is 596. The van der Waals surface area contributed by atoms with Crippen molar-refractivity contribution in [1.29, 1.82) is 0 Å². The molecule has 3 aromatic rings. The maximum atomic E-state index is 4.33. The summed E-state index contributed by atoms with van der Waals surface area (Å²) in [7, 11) is 0. The average Bonchev–Trinajstić information content (AvgIpc) is 2.82. The molecular weight excluding hydrogens is 200 g/mol. The molecular formula is C12H10N4. The van der Waals surface area contributed by atoms with Gasteiger partial charge in [-0.2, -0.15) is 5.10 Å². The third-order valence-corrected chi connectivity index (χ3v) is 2.54. The SMILES string of the molecule is c1ccc2c(Cn3cncn3)ccnc2c1. The van der Waals surface area contributed by atoms with E-state index in [0.717, 1.165) is 12.1 Å². The zero-order chi connectivity index (χ0) is 10.8. The molecule has 0 aliphatic heterocycles. The van der Waals surface area contributed by atoms with E-state index >= 15 is 0 Å². The first-order chi connectivity index (χ1) is 7.93. The highest BCUT2D eigenvalue weighted by Crippen LogP contribution is 2.16. The van der Waals surface area contributed by atoms with Crippen molar-refractivity contribution in [3.05, 3.63) is 54.7 Å². The molecule has 0 aliphatic rings. The van der Waals surface area contributed by atoms with Gasteiger partial charge in [-0.25, -0.2) is 9.67 Å². The molecule has 0 fully saturated rings. The summed E-state index contributed by atoms with van der Waals surface area (Å²) in [6.45, 7) is 0.725.